The molecule has 0 bridgehead atoms. The third kappa shape index (κ3) is 4.12. The van der Waals surface area contributed by atoms with Crippen molar-refractivity contribution in [1.29, 1.82) is 0 Å². The van der Waals surface area contributed by atoms with Crippen LogP contribution in [0.4, 0.5) is 0 Å². The lowest BCUT2D eigenvalue weighted by molar-refractivity contribution is -0.187. The van der Waals surface area contributed by atoms with Crippen molar-refractivity contribution in [3.63, 3.8) is 0 Å². The van der Waals surface area contributed by atoms with Crippen LogP contribution in [-0.4, -0.2) is 67.9 Å². The Bertz CT molecular complexity index is 1070. The maximum Gasteiger partial charge on any atom is 0.255 e. The van der Waals surface area contributed by atoms with Crippen molar-refractivity contribution < 1.29 is 28.5 Å². The highest BCUT2D eigenvalue weighted by Gasteiger charge is 2.42. The number of likely N-dealkylation sites (tertiary alicyclic amines) is 1. The molecule has 2 aromatic carbocycles. The first-order valence-electron chi connectivity index (χ1n) is 11.7. The lowest BCUT2D eigenvalue weighted by Gasteiger charge is -2.38. The number of hydrogen-bond acceptors (Lipinski definition) is 6. The number of amides is 2. The molecule has 1 atom stereocenters. The molecule has 3 heterocycles. The number of nitrogens with zero attached hydrogens (tertiary/aromatic N) is 2. The molecule has 180 valence electrons. The standard InChI is InChI=1S/C26H30N2O6/c1-31-22-8-7-18(15-23(22)32-2)21(28-17-19-5-3-4-6-20(19)25(28)30)16-24(29)27-11-9-26(10-12-27)33-13-14-34-26/h3-8,15,21H,9-14,16-17H2,1-2H3/t21-/m0/s1. The molecule has 2 saturated heterocycles. The van der Waals surface area contributed by atoms with Crippen LogP contribution in [-0.2, 0) is 20.8 Å². The summed E-state index contributed by atoms with van der Waals surface area (Å²) in [7, 11) is 3.16. The summed E-state index contributed by atoms with van der Waals surface area (Å²) in [5.41, 5.74) is 2.50. The Morgan fingerprint density at radius 3 is 2.41 bits per heavy atom. The molecular weight excluding hydrogens is 436 g/mol. The quantitative estimate of drug-likeness (QED) is 0.651. The van der Waals surface area contributed by atoms with E-state index in [1.807, 2.05) is 47.4 Å². The molecule has 8 nitrogen and oxygen atoms in total. The van der Waals surface area contributed by atoms with Crippen LogP contribution in [0.15, 0.2) is 42.5 Å². The van der Waals surface area contributed by atoms with Gasteiger partial charge in [-0.25, -0.2) is 0 Å². The third-order valence-electron chi connectivity index (χ3n) is 7.08. The lowest BCUT2D eigenvalue weighted by atomic mass is 9.98. The maximum atomic E-state index is 13.4. The van der Waals surface area contributed by atoms with E-state index in [4.69, 9.17) is 18.9 Å². The normalized spacial score (nSPS) is 19.9. The number of fused-ring (bicyclic) bond motifs is 1. The summed E-state index contributed by atoms with van der Waals surface area (Å²) < 4.78 is 22.5. The summed E-state index contributed by atoms with van der Waals surface area (Å²) in [6.45, 7) is 2.82. The van der Waals surface area contributed by atoms with Crippen LogP contribution in [0.5, 0.6) is 11.5 Å². The number of carbonyl (C=O) groups excluding carboxylic acids is 2. The van der Waals surface area contributed by atoms with E-state index >= 15 is 0 Å². The second-order valence-corrected chi connectivity index (χ2v) is 8.91. The van der Waals surface area contributed by atoms with E-state index in [0.717, 1.165) is 11.1 Å². The average Bonchev–Trinajstić information content (AvgIpc) is 3.47. The molecule has 2 amide bonds. The minimum Gasteiger partial charge on any atom is -0.493 e. The average molecular weight is 467 g/mol. The monoisotopic (exact) mass is 466 g/mol. The molecule has 0 aromatic heterocycles. The van der Waals surface area contributed by atoms with Crippen molar-refractivity contribution in [3.8, 4) is 11.5 Å². The van der Waals surface area contributed by atoms with E-state index in [9.17, 15) is 9.59 Å². The van der Waals surface area contributed by atoms with Crippen molar-refractivity contribution >= 4 is 11.8 Å². The fourth-order valence-corrected chi connectivity index (χ4v) is 5.17. The van der Waals surface area contributed by atoms with Gasteiger partial charge in [-0.15, -0.1) is 0 Å². The van der Waals surface area contributed by atoms with Crippen LogP contribution >= 0.6 is 0 Å². The van der Waals surface area contributed by atoms with E-state index < -0.39 is 11.8 Å². The fraction of sp³-hybridized carbons (Fsp3) is 0.462. The van der Waals surface area contributed by atoms with Gasteiger partial charge in [0.2, 0.25) is 5.91 Å². The molecule has 2 fully saturated rings. The lowest BCUT2D eigenvalue weighted by Crippen LogP contribution is -2.48. The molecule has 0 aliphatic carbocycles. The SMILES string of the molecule is COc1ccc([C@H](CC(=O)N2CCC3(CC2)OCCO3)N2Cc3ccccc3C2=O)cc1OC. The Hall–Kier alpha value is -3.10. The first-order chi connectivity index (χ1) is 16.5. The van der Waals surface area contributed by atoms with Crippen LogP contribution in [0.1, 0.15) is 46.8 Å². The molecule has 3 aliphatic rings. The minimum absolute atomic E-state index is 0.0105. The van der Waals surface area contributed by atoms with Gasteiger partial charge in [-0.3, -0.25) is 9.59 Å². The smallest absolute Gasteiger partial charge is 0.255 e. The summed E-state index contributed by atoms with van der Waals surface area (Å²) >= 11 is 0. The number of rotatable bonds is 6. The van der Waals surface area contributed by atoms with Crippen LogP contribution in [0.3, 0.4) is 0 Å². The molecule has 3 aliphatic heterocycles. The number of benzene rings is 2. The third-order valence-corrected chi connectivity index (χ3v) is 7.08. The van der Waals surface area contributed by atoms with E-state index in [-0.39, 0.29) is 18.2 Å². The summed E-state index contributed by atoms with van der Waals surface area (Å²) in [4.78, 5) is 30.4. The van der Waals surface area contributed by atoms with Crippen LogP contribution in [0.25, 0.3) is 0 Å². The molecule has 1 spiro atoms. The summed E-state index contributed by atoms with van der Waals surface area (Å²) in [5.74, 6) is 0.582. The highest BCUT2D eigenvalue weighted by atomic mass is 16.7. The first-order valence-corrected chi connectivity index (χ1v) is 11.7. The van der Waals surface area contributed by atoms with E-state index in [1.54, 1.807) is 19.1 Å². The Kier molecular flexibility index (Phi) is 6.18. The van der Waals surface area contributed by atoms with Gasteiger partial charge in [0.05, 0.1) is 39.9 Å². The predicted octanol–water partition coefficient (Wildman–Crippen LogP) is 3.16. The van der Waals surface area contributed by atoms with Gasteiger partial charge in [-0.1, -0.05) is 24.3 Å². The molecule has 8 heteroatoms. The molecular formula is C26H30N2O6. The van der Waals surface area contributed by atoms with Gasteiger partial charge in [0.15, 0.2) is 17.3 Å². The molecule has 0 saturated carbocycles. The maximum absolute atomic E-state index is 13.4. The Morgan fingerprint density at radius 2 is 1.74 bits per heavy atom. The van der Waals surface area contributed by atoms with Crippen LogP contribution < -0.4 is 9.47 Å². The topological polar surface area (TPSA) is 77.5 Å². The molecule has 0 unspecified atom stereocenters. The Morgan fingerprint density at radius 1 is 1.03 bits per heavy atom. The molecule has 5 rings (SSSR count). The van der Waals surface area contributed by atoms with E-state index in [2.05, 4.69) is 0 Å². The van der Waals surface area contributed by atoms with E-state index in [1.165, 1.54) is 0 Å². The van der Waals surface area contributed by atoms with Gasteiger partial charge in [-0.2, -0.15) is 0 Å². The van der Waals surface area contributed by atoms with Crippen molar-refractivity contribution in [2.75, 3.05) is 40.5 Å². The Balaban J connectivity index is 1.40. The van der Waals surface area contributed by atoms with Gasteiger partial charge >= 0.3 is 0 Å². The van der Waals surface area contributed by atoms with E-state index in [0.29, 0.717) is 62.8 Å². The van der Waals surface area contributed by atoms with Crippen molar-refractivity contribution in [1.82, 2.24) is 9.80 Å². The number of methoxy groups -OCH3 is 2. The molecule has 2 aromatic rings. The zero-order chi connectivity index (χ0) is 23.7. The molecule has 0 radical (unpaired) electrons. The van der Waals surface area contributed by atoms with Crippen molar-refractivity contribution in [2.45, 2.75) is 37.6 Å². The molecule has 34 heavy (non-hydrogen) atoms. The number of hydrogen-bond donors (Lipinski definition) is 0. The van der Waals surface area contributed by atoms with Crippen LogP contribution in [0, 0.1) is 0 Å². The summed E-state index contributed by atoms with van der Waals surface area (Å²) in [5, 5.41) is 0. The zero-order valence-corrected chi connectivity index (χ0v) is 19.6. The van der Waals surface area contributed by atoms with Gasteiger partial charge in [0.1, 0.15) is 0 Å². The van der Waals surface area contributed by atoms with Gasteiger partial charge in [0.25, 0.3) is 5.91 Å². The predicted molar refractivity (Wildman–Crippen MR) is 124 cm³/mol. The Labute approximate surface area is 199 Å². The summed E-state index contributed by atoms with van der Waals surface area (Å²) in [6.07, 6.45) is 1.51. The molecule has 0 N–H and O–H groups in total. The first kappa shape index (κ1) is 22.7. The minimum atomic E-state index is -0.536. The van der Waals surface area contributed by atoms with Gasteiger partial charge < -0.3 is 28.7 Å². The van der Waals surface area contributed by atoms with Gasteiger partial charge in [-0.05, 0) is 29.3 Å². The largest absolute Gasteiger partial charge is 0.493 e. The fourth-order valence-electron chi connectivity index (χ4n) is 5.17. The number of piperidine rings is 1. The summed E-state index contributed by atoms with van der Waals surface area (Å²) in [6, 6.07) is 12.8. The second-order valence-electron chi connectivity index (χ2n) is 8.91. The second kappa shape index (κ2) is 9.27. The van der Waals surface area contributed by atoms with Crippen LogP contribution in [0.2, 0.25) is 0 Å². The van der Waals surface area contributed by atoms with Crippen molar-refractivity contribution in [3.05, 3.63) is 59.2 Å². The highest BCUT2D eigenvalue weighted by molar-refractivity contribution is 5.98. The number of ether oxygens (including phenoxy) is 4. The van der Waals surface area contributed by atoms with Crippen molar-refractivity contribution in [2.24, 2.45) is 0 Å². The van der Waals surface area contributed by atoms with Gasteiger partial charge in [0, 0.05) is 38.0 Å². The highest BCUT2D eigenvalue weighted by Crippen LogP contribution is 2.38. The zero-order valence-electron chi connectivity index (χ0n) is 19.6. The number of carbonyl (C=O) groups is 2.